The predicted octanol–water partition coefficient (Wildman–Crippen LogP) is 2.41. The average Bonchev–Trinajstić information content (AvgIpc) is 2.96. The van der Waals surface area contributed by atoms with Crippen molar-refractivity contribution in [3.63, 3.8) is 0 Å². The van der Waals surface area contributed by atoms with Crippen molar-refractivity contribution in [3.8, 4) is 11.4 Å². The van der Waals surface area contributed by atoms with Crippen LogP contribution in [-0.2, 0) is 19.1 Å². The third-order valence-corrected chi connectivity index (χ3v) is 6.99. The number of benzene rings is 1. The predicted molar refractivity (Wildman–Crippen MR) is 148 cm³/mol. The molecule has 4 rings (SSSR count). The Morgan fingerprint density at radius 3 is 2.54 bits per heavy atom. The minimum absolute atomic E-state index is 0.0588. The molecule has 10 heteroatoms. The van der Waals surface area contributed by atoms with Gasteiger partial charge < -0.3 is 20.7 Å². The minimum atomic E-state index is -0.905. The second kappa shape index (κ2) is 13.1. The van der Waals surface area contributed by atoms with Gasteiger partial charge in [0.15, 0.2) is 0 Å². The van der Waals surface area contributed by atoms with Crippen LogP contribution in [0.1, 0.15) is 45.1 Å². The molecule has 1 aliphatic heterocycles. The number of morpholine rings is 1. The lowest BCUT2D eigenvalue weighted by Gasteiger charge is -2.32. The maximum Gasteiger partial charge on any atom is 0.277 e. The van der Waals surface area contributed by atoms with E-state index in [0.29, 0.717) is 56.2 Å². The van der Waals surface area contributed by atoms with E-state index in [1.54, 1.807) is 6.08 Å². The van der Waals surface area contributed by atoms with Crippen LogP contribution < -0.4 is 16.6 Å². The number of carbonyl (C=O) groups is 3. The molecule has 1 fully saturated rings. The zero-order valence-electron chi connectivity index (χ0n) is 22.2. The van der Waals surface area contributed by atoms with Crippen LogP contribution in [0.3, 0.4) is 0 Å². The maximum atomic E-state index is 13.8. The van der Waals surface area contributed by atoms with E-state index in [4.69, 9.17) is 10.5 Å². The summed E-state index contributed by atoms with van der Waals surface area (Å²) in [5.74, 6) is -1.38. The molecule has 0 bridgehead atoms. The molecule has 0 spiro atoms. The number of allylic oxidation sites excluding steroid dienone is 2. The number of anilines is 1. The van der Waals surface area contributed by atoms with Gasteiger partial charge in [-0.1, -0.05) is 62.9 Å². The largest absolute Gasteiger partial charge is 0.393 e. The summed E-state index contributed by atoms with van der Waals surface area (Å²) < 4.78 is 6.78. The number of unbranched alkanes of at least 4 members (excludes halogenated alkanes) is 3. The molecule has 3 N–H and O–H groups in total. The van der Waals surface area contributed by atoms with Crippen molar-refractivity contribution in [2.45, 2.75) is 45.1 Å². The first-order chi connectivity index (χ1) is 18.9. The number of Topliss-reactive ketones (excluding diaryl/α,β-unsaturated/α-hetero) is 1. The number of rotatable bonds is 11. The van der Waals surface area contributed by atoms with Crippen molar-refractivity contribution < 1.29 is 19.1 Å². The molecular weight excluding hydrogens is 498 g/mol. The molecule has 0 saturated carbocycles. The monoisotopic (exact) mass is 533 g/mol. The lowest BCUT2D eigenvalue weighted by Crippen LogP contribution is -2.42. The third kappa shape index (κ3) is 6.51. The Bertz CT molecular complexity index is 1330. The van der Waals surface area contributed by atoms with Crippen LogP contribution in [0.2, 0.25) is 0 Å². The Kier molecular flexibility index (Phi) is 9.43. The van der Waals surface area contributed by atoms with Gasteiger partial charge in [0.25, 0.3) is 5.56 Å². The van der Waals surface area contributed by atoms with E-state index in [1.807, 2.05) is 35.2 Å². The number of ketones is 2. The number of nitrogens with two attached hydrogens (primary N) is 1. The van der Waals surface area contributed by atoms with Crippen molar-refractivity contribution in [3.05, 3.63) is 70.3 Å². The minimum Gasteiger partial charge on any atom is -0.393 e. The molecule has 39 heavy (non-hydrogen) atoms. The lowest BCUT2D eigenvalue weighted by molar-refractivity contribution is -0.132. The summed E-state index contributed by atoms with van der Waals surface area (Å²) in [6.45, 7) is 4.11. The number of nitrogens with zero attached hydrogens (tertiary/aromatic N) is 3. The van der Waals surface area contributed by atoms with E-state index < -0.39 is 29.1 Å². The van der Waals surface area contributed by atoms with Gasteiger partial charge in [-0.3, -0.25) is 23.7 Å². The Morgan fingerprint density at radius 1 is 1.08 bits per heavy atom. The van der Waals surface area contributed by atoms with Gasteiger partial charge in [0, 0.05) is 36.5 Å². The van der Waals surface area contributed by atoms with Crippen molar-refractivity contribution in [1.29, 1.82) is 0 Å². The summed E-state index contributed by atoms with van der Waals surface area (Å²) in [5.41, 5.74) is 6.92. The molecule has 2 aliphatic rings. The highest BCUT2D eigenvalue weighted by molar-refractivity contribution is 6.48. The number of hydrogen-bond donors (Lipinski definition) is 2. The van der Waals surface area contributed by atoms with E-state index >= 15 is 0 Å². The summed E-state index contributed by atoms with van der Waals surface area (Å²) in [6, 6.07) is 8.25. The van der Waals surface area contributed by atoms with Crippen LogP contribution >= 0.6 is 0 Å². The molecule has 10 nitrogen and oxygen atoms in total. The number of carbonyl (C=O) groups excluding carboxylic acids is 3. The van der Waals surface area contributed by atoms with Crippen molar-refractivity contribution in [1.82, 2.24) is 19.8 Å². The van der Waals surface area contributed by atoms with Crippen LogP contribution in [0.15, 0.2) is 64.7 Å². The first-order valence-corrected chi connectivity index (χ1v) is 13.4. The molecule has 1 aliphatic carbocycles. The molecule has 1 atom stereocenters. The van der Waals surface area contributed by atoms with Gasteiger partial charge in [-0.2, -0.15) is 0 Å². The van der Waals surface area contributed by atoms with Crippen LogP contribution in [0.5, 0.6) is 0 Å². The highest BCUT2D eigenvalue weighted by Gasteiger charge is 2.30. The van der Waals surface area contributed by atoms with Gasteiger partial charge in [0.2, 0.25) is 17.5 Å². The fourth-order valence-corrected chi connectivity index (χ4v) is 4.88. The van der Waals surface area contributed by atoms with Crippen LogP contribution in [-0.4, -0.2) is 64.8 Å². The molecule has 206 valence electrons. The second-order valence-corrected chi connectivity index (χ2v) is 9.65. The first-order valence-electron chi connectivity index (χ1n) is 13.4. The molecule has 1 aromatic heterocycles. The Morgan fingerprint density at radius 2 is 1.82 bits per heavy atom. The summed E-state index contributed by atoms with van der Waals surface area (Å²) in [5, 5.41) is 2.85. The Balaban J connectivity index is 1.67. The highest BCUT2D eigenvalue weighted by atomic mass is 16.5. The number of ether oxygens (including phenoxy) is 1. The quantitative estimate of drug-likeness (QED) is 0.255. The zero-order valence-corrected chi connectivity index (χ0v) is 22.2. The molecule has 1 aromatic carbocycles. The Hall–Kier alpha value is -4.05. The standard InChI is InChI=1S/C29H35N5O5/c1-2-3-4-8-11-24(34-27(20-9-6-5-7-10-20)31-19-22(30)29(34)38)28(37)32-18-21-23(12-13-25(35)26(21)36)33-14-16-39-17-15-33/h5-7,9-10,12-13,19,24H,2-4,8,11,14-18,30H2,1H3,(H,32,37). The molecule has 1 saturated heterocycles. The molecule has 1 amide bonds. The summed E-state index contributed by atoms with van der Waals surface area (Å²) in [4.78, 5) is 58.6. The number of nitrogens with one attached hydrogen (secondary N) is 1. The van der Waals surface area contributed by atoms with Gasteiger partial charge in [0.05, 0.1) is 19.4 Å². The van der Waals surface area contributed by atoms with Crippen molar-refractivity contribution >= 4 is 23.2 Å². The van der Waals surface area contributed by atoms with E-state index in [0.717, 1.165) is 19.3 Å². The van der Waals surface area contributed by atoms with Crippen LogP contribution in [0.25, 0.3) is 11.4 Å². The lowest BCUT2D eigenvalue weighted by atomic mass is 9.98. The molecule has 2 heterocycles. The number of amides is 1. The SMILES string of the molecule is CCCCCCC(C(=O)NCC1=C(N2CCOCC2)C=CC(=O)C1=O)n1c(-c2ccccc2)ncc(N)c1=O. The molecular formula is C29H35N5O5. The average molecular weight is 534 g/mol. The van der Waals surface area contributed by atoms with E-state index in [-0.39, 0.29) is 17.8 Å². The number of aromatic nitrogens is 2. The molecule has 0 radical (unpaired) electrons. The fourth-order valence-electron chi connectivity index (χ4n) is 4.88. The maximum absolute atomic E-state index is 13.8. The van der Waals surface area contributed by atoms with E-state index in [1.165, 1.54) is 16.8 Å². The fraction of sp³-hybridized carbons (Fsp3) is 0.414. The summed E-state index contributed by atoms with van der Waals surface area (Å²) in [7, 11) is 0. The zero-order chi connectivity index (χ0) is 27.8. The second-order valence-electron chi connectivity index (χ2n) is 9.65. The number of nitrogen functional groups attached to an aromatic ring is 1. The molecule has 1 unspecified atom stereocenters. The topological polar surface area (TPSA) is 137 Å². The van der Waals surface area contributed by atoms with E-state index in [9.17, 15) is 19.2 Å². The normalized spacial score (nSPS) is 16.5. The molecule has 2 aromatic rings. The van der Waals surface area contributed by atoms with Gasteiger partial charge in [0.1, 0.15) is 17.6 Å². The van der Waals surface area contributed by atoms with Crippen molar-refractivity contribution in [2.24, 2.45) is 0 Å². The summed E-state index contributed by atoms with van der Waals surface area (Å²) in [6.07, 6.45) is 8.22. The smallest absolute Gasteiger partial charge is 0.277 e. The van der Waals surface area contributed by atoms with Crippen LogP contribution in [0, 0.1) is 0 Å². The van der Waals surface area contributed by atoms with Gasteiger partial charge in [-0.15, -0.1) is 0 Å². The van der Waals surface area contributed by atoms with E-state index in [2.05, 4.69) is 17.2 Å². The van der Waals surface area contributed by atoms with Crippen LogP contribution in [0.4, 0.5) is 5.69 Å². The third-order valence-electron chi connectivity index (χ3n) is 6.99. The van der Waals surface area contributed by atoms with Crippen molar-refractivity contribution in [2.75, 3.05) is 38.6 Å². The van der Waals surface area contributed by atoms with Gasteiger partial charge in [-0.05, 0) is 18.6 Å². The van der Waals surface area contributed by atoms with Gasteiger partial charge >= 0.3 is 0 Å². The Labute approximate surface area is 227 Å². The summed E-state index contributed by atoms with van der Waals surface area (Å²) >= 11 is 0. The number of hydrogen-bond acceptors (Lipinski definition) is 8. The van der Waals surface area contributed by atoms with Gasteiger partial charge in [-0.25, -0.2) is 4.98 Å². The first kappa shape index (κ1) is 28.0. The highest BCUT2D eigenvalue weighted by Crippen LogP contribution is 2.24.